The number of aryl methyl sites for hydroxylation is 1. The van der Waals surface area contributed by atoms with Gasteiger partial charge in [-0.1, -0.05) is 17.7 Å². The van der Waals surface area contributed by atoms with Gasteiger partial charge in [0.2, 0.25) is 0 Å². The van der Waals surface area contributed by atoms with Gasteiger partial charge in [-0.15, -0.1) is 0 Å². The lowest BCUT2D eigenvalue weighted by Crippen LogP contribution is -2.48. The van der Waals surface area contributed by atoms with Crippen LogP contribution in [-0.4, -0.2) is 41.7 Å². The number of carboxylic acid groups (broad SMARTS) is 1. The molecule has 0 spiro atoms. The Morgan fingerprint density at radius 1 is 1.41 bits per heavy atom. The van der Waals surface area contributed by atoms with Crippen LogP contribution in [0.4, 0.5) is 5.69 Å². The smallest absolute Gasteiger partial charge is 0.330 e. The van der Waals surface area contributed by atoms with Crippen molar-refractivity contribution in [3.63, 3.8) is 0 Å². The molecule has 1 heterocycles. The number of nitrogens with one attached hydrogen (secondary N) is 1. The average Bonchev–Trinajstić information content (AvgIpc) is 2.65. The Morgan fingerprint density at radius 3 is 2.53 bits per heavy atom. The zero-order chi connectivity index (χ0) is 12.5. The van der Waals surface area contributed by atoms with Crippen molar-refractivity contribution in [1.29, 1.82) is 0 Å². The molecule has 0 aromatic heterocycles. The maximum Gasteiger partial charge on any atom is 0.330 e. The van der Waals surface area contributed by atoms with Crippen LogP contribution in [-0.2, 0) is 4.79 Å². The van der Waals surface area contributed by atoms with E-state index in [1.807, 2.05) is 43.1 Å². The van der Waals surface area contributed by atoms with Crippen molar-refractivity contribution in [2.45, 2.75) is 18.9 Å². The molecule has 1 fully saturated rings. The molecule has 1 aliphatic rings. The molecule has 0 bridgehead atoms. The van der Waals surface area contributed by atoms with Gasteiger partial charge in [-0.25, -0.2) is 4.79 Å². The molecule has 0 radical (unpaired) electrons. The highest BCUT2D eigenvalue weighted by atomic mass is 16.4. The number of carbonyl (C=O) groups is 1. The third-order valence-corrected chi connectivity index (χ3v) is 3.30. The first kappa shape index (κ1) is 11.9. The highest BCUT2D eigenvalue weighted by molar-refractivity contribution is 5.83. The minimum atomic E-state index is -0.843. The van der Waals surface area contributed by atoms with Crippen LogP contribution in [0.15, 0.2) is 24.3 Å². The first-order valence-electron chi connectivity index (χ1n) is 5.79. The molecule has 0 saturated carbocycles. The van der Waals surface area contributed by atoms with E-state index in [1.165, 1.54) is 5.56 Å². The molecule has 4 heteroatoms. The zero-order valence-electron chi connectivity index (χ0n) is 10.2. The van der Waals surface area contributed by atoms with Gasteiger partial charge in [-0.3, -0.25) is 0 Å². The van der Waals surface area contributed by atoms with Gasteiger partial charge in [0.25, 0.3) is 0 Å². The Labute approximate surface area is 101 Å². The Hall–Kier alpha value is -1.55. The number of nitrogens with zero attached hydrogens (tertiary/aromatic N) is 1. The molecule has 0 amide bonds. The van der Waals surface area contributed by atoms with Crippen LogP contribution in [0.25, 0.3) is 0 Å². The second kappa shape index (κ2) is 4.37. The van der Waals surface area contributed by atoms with E-state index < -0.39 is 11.5 Å². The second-order valence-corrected chi connectivity index (χ2v) is 4.87. The maximum absolute atomic E-state index is 11.5. The SMILES string of the molecule is Cc1ccc(NC2(C(=O)O)CCN(C)C2)cc1. The predicted molar refractivity (Wildman–Crippen MR) is 67.3 cm³/mol. The Kier molecular flexibility index (Phi) is 3.07. The Bertz CT molecular complexity index is 416. The molecular weight excluding hydrogens is 216 g/mol. The number of rotatable bonds is 3. The lowest BCUT2D eigenvalue weighted by atomic mass is 9.98. The molecule has 4 nitrogen and oxygen atoms in total. The molecule has 1 aromatic rings. The van der Waals surface area contributed by atoms with Gasteiger partial charge < -0.3 is 15.3 Å². The minimum absolute atomic E-state index is 0.538. The molecule has 1 unspecified atom stereocenters. The monoisotopic (exact) mass is 234 g/mol. The van der Waals surface area contributed by atoms with Gasteiger partial charge in [-0.2, -0.15) is 0 Å². The van der Waals surface area contributed by atoms with Crippen molar-refractivity contribution in [2.75, 3.05) is 25.5 Å². The third-order valence-electron chi connectivity index (χ3n) is 3.30. The summed E-state index contributed by atoms with van der Waals surface area (Å²) in [5.74, 6) is -0.776. The van der Waals surface area contributed by atoms with E-state index in [-0.39, 0.29) is 0 Å². The molecule has 1 aliphatic heterocycles. The Balaban J connectivity index is 2.19. The van der Waals surface area contributed by atoms with Crippen LogP contribution < -0.4 is 5.32 Å². The fourth-order valence-corrected chi connectivity index (χ4v) is 2.24. The highest BCUT2D eigenvalue weighted by Crippen LogP contribution is 2.25. The van der Waals surface area contributed by atoms with Crippen LogP contribution in [0.1, 0.15) is 12.0 Å². The minimum Gasteiger partial charge on any atom is -0.479 e. The van der Waals surface area contributed by atoms with Gasteiger partial charge in [0, 0.05) is 18.8 Å². The van der Waals surface area contributed by atoms with Gasteiger partial charge in [0.15, 0.2) is 0 Å². The summed E-state index contributed by atoms with van der Waals surface area (Å²) in [6.07, 6.45) is 0.632. The predicted octanol–water partition coefficient (Wildman–Crippen LogP) is 1.57. The van der Waals surface area contributed by atoms with Crippen LogP contribution in [0.2, 0.25) is 0 Å². The fraction of sp³-hybridized carbons (Fsp3) is 0.462. The number of likely N-dealkylation sites (tertiary alicyclic amines) is 1. The number of hydrogen-bond acceptors (Lipinski definition) is 3. The van der Waals surface area contributed by atoms with Gasteiger partial charge >= 0.3 is 5.97 Å². The van der Waals surface area contributed by atoms with Crippen molar-refractivity contribution in [2.24, 2.45) is 0 Å². The molecular formula is C13H18N2O2. The number of likely N-dealkylation sites (N-methyl/N-ethyl adjacent to an activating group) is 1. The Morgan fingerprint density at radius 2 is 2.06 bits per heavy atom. The van der Waals surface area contributed by atoms with Crippen LogP contribution in [0, 0.1) is 6.92 Å². The topological polar surface area (TPSA) is 52.6 Å². The number of benzene rings is 1. The van der Waals surface area contributed by atoms with Crippen molar-refractivity contribution >= 4 is 11.7 Å². The quantitative estimate of drug-likeness (QED) is 0.833. The summed E-state index contributed by atoms with van der Waals surface area (Å²) in [6.45, 7) is 3.36. The first-order chi connectivity index (χ1) is 8.02. The van der Waals surface area contributed by atoms with Crippen LogP contribution in [0.5, 0.6) is 0 Å². The molecule has 1 aromatic carbocycles. The van der Waals surface area contributed by atoms with Crippen molar-refractivity contribution in [3.05, 3.63) is 29.8 Å². The summed E-state index contributed by atoms with van der Waals surface area (Å²) in [4.78, 5) is 13.5. The van der Waals surface area contributed by atoms with Gasteiger partial charge in [0.05, 0.1) is 0 Å². The molecule has 1 saturated heterocycles. The summed E-state index contributed by atoms with van der Waals surface area (Å²) in [5, 5.41) is 12.6. The average molecular weight is 234 g/mol. The van der Waals surface area contributed by atoms with E-state index in [0.717, 1.165) is 12.2 Å². The third kappa shape index (κ3) is 2.42. The number of carboxylic acids is 1. The lowest BCUT2D eigenvalue weighted by Gasteiger charge is -2.26. The van der Waals surface area contributed by atoms with Gasteiger partial charge in [0.1, 0.15) is 5.54 Å². The number of aliphatic carboxylic acids is 1. The van der Waals surface area contributed by atoms with Crippen molar-refractivity contribution in [3.8, 4) is 0 Å². The largest absolute Gasteiger partial charge is 0.479 e. The lowest BCUT2D eigenvalue weighted by molar-refractivity contribution is -0.141. The molecule has 17 heavy (non-hydrogen) atoms. The van der Waals surface area contributed by atoms with Crippen molar-refractivity contribution < 1.29 is 9.90 Å². The van der Waals surface area contributed by atoms with Crippen LogP contribution in [0.3, 0.4) is 0 Å². The van der Waals surface area contributed by atoms with Crippen LogP contribution >= 0.6 is 0 Å². The van der Waals surface area contributed by atoms with Gasteiger partial charge in [-0.05, 0) is 32.5 Å². The zero-order valence-corrected chi connectivity index (χ0v) is 10.2. The van der Waals surface area contributed by atoms with E-state index in [2.05, 4.69) is 5.32 Å². The van der Waals surface area contributed by atoms with E-state index >= 15 is 0 Å². The van der Waals surface area contributed by atoms with E-state index in [1.54, 1.807) is 0 Å². The molecule has 0 aliphatic carbocycles. The molecule has 2 N–H and O–H groups in total. The van der Waals surface area contributed by atoms with E-state index in [0.29, 0.717) is 13.0 Å². The number of hydrogen-bond donors (Lipinski definition) is 2. The van der Waals surface area contributed by atoms with E-state index in [9.17, 15) is 9.90 Å². The standard InChI is InChI=1S/C13H18N2O2/c1-10-3-5-11(6-4-10)14-13(12(16)17)7-8-15(2)9-13/h3-6,14H,7-9H2,1-2H3,(H,16,17). The highest BCUT2D eigenvalue weighted by Gasteiger charge is 2.43. The maximum atomic E-state index is 11.5. The first-order valence-corrected chi connectivity index (χ1v) is 5.79. The molecule has 2 rings (SSSR count). The summed E-state index contributed by atoms with van der Waals surface area (Å²) < 4.78 is 0. The van der Waals surface area contributed by atoms with Crippen molar-refractivity contribution in [1.82, 2.24) is 4.90 Å². The molecule has 1 atom stereocenters. The fourth-order valence-electron chi connectivity index (χ4n) is 2.24. The number of anilines is 1. The normalized spacial score (nSPS) is 24.8. The molecule has 92 valence electrons. The summed E-state index contributed by atoms with van der Waals surface area (Å²) in [5.41, 5.74) is 1.20. The second-order valence-electron chi connectivity index (χ2n) is 4.87. The summed E-state index contributed by atoms with van der Waals surface area (Å²) >= 11 is 0. The summed E-state index contributed by atoms with van der Waals surface area (Å²) in [7, 11) is 1.95. The summed E-state index contributed by atoms with van der Waals surface area (Å²) in [6, 6.07) is 7.82. The van der Waals surface area contributed by atoms with E-state index in [4.69, 9.17) is 0 Å².